The number of carbonyl (C=O) groups is 3. The van der Waals surface area contributed by atoms with E-state index in [-0.39, 0.29) is 11.5 Å². The molecule has 0 radical (unpaired) electrons. The molecular weight excluding hydrogens is 386 g/mol. The Morgan fingerprint density at radius 1 is 1.15 bits per heavy atom. The maximum absolute atomic E-state index is 12.5. The molecule has 0 aliphatic rings. The average molecular weight is 406 g/mol. The molecule has 0 heterocycles. The Bertz CT molecular complexity index is 869. The van der Waals surface area contributed by atoms with Crippen molar-refractivity contribution in [1.29, 1.82) is 0 Å². The number of ketones is 1. The summed E-state index contributed by atoms with van der Waals surface area (Å²) in [6, 6.07) is 12.0. The molecule has 0 aliphatic heterocycles. The highest BCUT2D eigenvalue weighted by molar-refractivity contribution is 8.00. The number of Topliss-reactive ketones (excluding diaryl/α,β-unsaturated/α-hetero) is 1. The molecule has 1 atom stereocenters. The summed E-state index contributed by atoms with van der Waals surface area (Å²) in [6.07, 6.45) is -0.998. The monoisotopic (exact) mass is 405 g/mol. The van der Waals surface area contributed by atoms with E-state index >= 15 is 0 Å². The molecule has 0 saturated heterocycles. The van der Waals surface area contributed by atoms with Gasteiger partial charge in [0.25, 0.3) is 5.91 Å². The van der Waals surface area contributed by atoms with Gasteiger partial charge in [0.2, 0.25) is 0 Å². The fourth-order valence-corrected chi connectivity index (χ4v) is 3.21. The van der Waals surface area contributed by atoms with E-state index in [1.165, 1.54) is 25.6 Å². The van der Waals surface area contributed by atoms with Gasteiger partial charge in [0.05, 0.1) is 11.3 Å². The summed E-state index contributed by atoms with van der Waals surface area (Å²) in [4.78, 5) is 36.7. The molecule has 0 bridgehead atoms. The summed E-state index contributed by atoms with van der Waals surface area (Å²) in [5.74, 6) is -0.809. The lowest BCUT2D eigenvalue weighted by Gasteiger charge is -2.16. The van der Waals surface area contributed by atoms with Gasteiger partial charge < -0.3 is 10.1 Å². The minimum Gasteiger partial charge on any atom is -0.449 e. The van der Waals surface area contributed by atoms with Crippen molar-refractivity contribution in [2.45, 2.75) is 31.8 Å². The van der Waals surface area contributed by atoms with Crippen molar-refractivity contribution < 1.29 is 19.1 Å². The van der Waals surface area contributed by atoms with E-state index < -0.39 is 18.0 Å². The Balaban J connectivity index is 2.06. The van der Waals surface area contributed by atoms with Gasteiger partial charge in [-0.05, 0) is 50.6 Å². The number of ether oxygens (including phenoxy) is 1. The van der Waals surface area contributed by atoms with E-state index in [0.717, 1.165) is 5.56 Å². The Hall–Kier alpha value is -2.31. The summed E-state index contributed by atoms with van der Waals surface area (Å²) >= 11 is 7.31. The van der Waals surface area contributed by atoms with Gasteiger partial charge in [0.1, 0.15) is 5.78 Å². The van der Waals surface area contributed by atoms with Crippen molar-refractivity contribution in [3.05, 3.63) is 58.6 Å². The number of amides is 1. The molecule has 0 unspecified atom stereocenters. The van der Waals surface area contributed by atoms with Crippen LogP contribution in [0.1, 0.15) is 29.8 Å². The second-order valence-corrected chi connectivity index (χ2v) is 7.36. The van der Waals surface area contributed by atoms with Crippen LogP contribution in [0.5, 0.6) is 0 Å². The van der Waals surface area contributed by atoms with Crippen LogP contribution in [0, 0.1) is 6.92 Å². The molecule has 2 aromatic rings. The molecule has 142 valence electrons. The standard InChI is InChI=1S/C20H20ClNO4S/c1-12(23)11-27-18-10-5-4-7-15(18)20(25)26-14(3)19(24)22-17-9-6-8-16(21)13(17)2/h4-10,14H,11H2,1-3H3,(H,22,24)/t14-/m0/s1. The zero-order chi connectivity index (χ0) is 20.0. The molecule has 5 nitrogen and oxygen atoms in total. The molecule has 2 aromatic carbocycles. The quantitative estimate of drug-likeness (QED) is 0.541. The topological polar surface area (TPSA) is 72.5 Å². The van der Waals surface area contributed by atoms with Crippen LogP contribution in [0.2, 0.25) is 5.02 Å². The van der Waals surface area contributed by atoms with Crippen LogP contribution in [0.15, 0.2) is 47.4 Å². The molecule has 0 saturated carbocycles. The predicted octanol–water partition coefficient (Wildman–Crippen LogP) is 4.51. The van der Waals surface area contributed by atoms with Crippen LogP contribution >= 0.6 is 23.4 Å². The molecule has 0 aliphatic carbocycles. The molecule has 7 heteroatoms. The van der Waals surface area contributed by atoms with E-state index in [2.05, 4.69) is 5.32 Å². The van der Waals surface area contributed by atoms with Gasteiger partial charge in [-0.15, -0.1) is 11.8 Å². The first kappa shape index (κ1) is 21.0. The van der Waals surface area contributed by atoms with Gasteiger partial charge in [0, 0.05) is 15.6 Å². The predicted molar refractivity (Wildman–Crippen MR) is 108 cm³/mol. The number of hydrogen-bond donors (Lipinski definition) is 1. The largest absolute Gasteiger partial charge is 0.449 e. The van der Waals surface area contributed by atoms with Crippen molar-refractivity contribution in [2.75, 3.05) is 11.1 Å². The molecule has 0 aromatic heterocycles. The molecule has 0 fully saturated rings. The fraction of sp³-hybridized carbons (Fsp3) is 0.250. The lowest BCUT2D eigenvalue weighted by atomic mass is 10.2. The minimum atomic E-state index is -0.998. The molecule has 1 amide bonds. The van der Waals surface area contributed by atoms with E-state index in [9.17, 15) is 14.4 Å². The SMILES string of the molecule is CC(=O)CSc1ccccc1C(=O)O[C@@H](C)C(=O)Nc1cccc(Cl)c1C. The molecule has 0 spiro atoms. The van der Waals surface area contributed by atoms with Crippen molar-refractivity contribution in [2.24, 2.45) is 0 Å². The van der Waals surface area contributed by atoms with Crippen LogP contribution in [0.4, 0.5) is 5.69 Å². The van der Waals surface area contributed by atoms with Crippen molar-refractivity contribution in [3.63, 3.8) is 0 Å². The summed E-state index contributed by atoms with van der Waals surface area (Å²) in [5, 5.41) is 3.25. The van der Waals surface area contributed by atoms with Crippen LogP contribution in [-0.2, 0) is 14.3 Å². The van der Waals surface area contributed by atoms with Gasteiger partial charge in [-0.2, -0.15) is 0 Å². The maximum atomic E-state index is 12.5. The summed E-state index contributed by atoms with van der Waals surface area (Å²) in [5.41, 5.74) is 1.62. The van der Waals surface area contributed by atoms with Gasteiger partial charge in [-0.1, -0.05) is 29.8 Å². The normalized spacial score (nSPS) is 11.6. The van der Waals surface area contributed by atoms with Crippen LogP contribution < -0.4 is 5.32 Å². The second-order valence-electron chi connectivity index (χ2n) is 5.94. The van der Waals surface area contributed by atoms with Crippen LogP contribution in [-0.4, -0.2) is 29.5 Å². The number of nitrogens with one attached hydrogen (secondary N) is 1. The van der Waals surface area contributed by atoms with Gasteiger partial charge in [-0.3, -0.25) is 9.59 Å². The zero-order valence-corrected chi connectivity index (χ0v) is 16.8. The first-order valence-electron chi connectivity index (χ1n) is 8.27. The van der Waals surface area contributed by atoms with Gasteiger partial charge in [0.15, 0.2) is 6.10 Å². The number of benzene rings is 2. The van der Waals surface area contributed by atoms with E-state index in [1.807, 2.05) is 0 Å². The van der Waals surface area contributed by atoms with Crippen LogP contribution in [0.25, 0.3) is 0 Å². The third-order valence-corrected chi connectivity index (χ3v) is 5.34. The number of anilines is 1. The molecule has 27 heavy (non-hydrogen) atoms. The Morgan fingerprint density at radius 2 is 1.85 bits per heavy atom. The molecular formula is C20H20ClNO4S. The first-order valence-corrected chi connectivity index (χ1v) is 9.64. The Kier molecular flexibility index (Phi) is 7.45. The maximum Gasteiger partial charge on any atom is 0.340 e. The van der Waals surface area contributed by atoms with Crippen molar-refractivity contribution >= 4 is 46.7 Å². The lowest BCUT2D eigenvalue weighted by molar-refractivity contribution is -0.123. The Morgan fingerprint density at radius 3 is 2.56 bits per heavy atom. The van der Waals surface area contributed by atoms with Crippen molar-refractivity contribution in [1.82, 2.24) is 0 Å². The fourth-order valence-electron chi connectivity index (χ4n) is 2.20. The average Bonchev–Trinajstić information content (AvgIpc) is 2.63. The summed E-state index contributed by atoms with van der Waals surface area (Å²) in [6.45, 7) is 4.77. The number of thioether (sulfide) groups is 1. The number of esters is 1. The number of halogens is 1. The van der Waals surface area contributed by atoms with Crippen LogP contribution in [0.3, 0.4) is 0 Å². The van der Waals surface area contributed by atoms with E-state index in [0.29, 0.717) is 21.2 Å². The summed E-state index contributed by atoms with van der Waals surface area (Å²) < 4.78 is 5.31. The minimum absolute atomic E-state index is 0.00723. The Labute approximate surface area is 167 Å². The van der Waals surface area contributed by atoms with Gasteiger partial charge >= 0.3 is 5.97 Å². The first-order chi connectivity index (χ1) is 12.8. The third-order valence-electron chi connectivity index (χ3n) is 3.72. The highest BCUT2D eigenvalue weighted by Gasteiger charge is 2.21. The lowest BCUT2D eigenvalue weighted by Crippen LogP contribution is -2.30. The zero-order valence-electron chi connectivity index (χ0n) is 15.2. The number of rotatable bonds is 7. The van der Waals surface area contributed by atoms with Crippen molar-refractivity contribution in [3.8, 4) is 0 Å². The smallest absolute Gasteiger partial charge is 0.340 e. The van der Waals surface area contributed by atoms with E-state index in [1.54, 1.807) is 49.4 Å². The highest BCUT2D eigenvalue weighted by Crippen LogP contribution is 2.25. The van der Waals surface area contributed by atoms with E-state index in [4.69, 9.17) is 16.3 Å². The number of carbonyl (C=O) groups excluding carboxylic acids is 3. The number of hydrogen-bond acceptors (Lipinski definition) is 5. The summed E-state index contributed by atoms with van der Waals surface area (Å²) in [7, 11) is 0. The van der Waals surface area contributed by atoms with Gasteiger partial charge in [-0.25, -0.2) is 4.79 Å². The highest BCUT2D eigenvalue weighted by atomic mass is 35.5. The third kappa shape index (κ3) is 5.84. The molecule has 2 rings (SSSR count). The molecule has 1 N–H and O–H groups in total. The second kappa shape index (κ2) is 9.58.